The van der Waals surface area contributed by atoms with E-state index in [-0.39, 0.29) is 52.4 Å². The standard InChI is InChI=1S/C20H22O3P.2ClH.Ti/c1-12-9-19-14(3)13(2)15(4)20(12,19)23-24(21,22)18-10-16-7-5-6-8-17(16)11-18;;;/h5-8,10-12H,9H2,1-4H3,(H,21,22);2*1H;/q-1;;;+3/p-2. The summed E-state index contributed by atoms with van der Waals surface area (Å²) in [6, 6.07) is 11.3. The summed E-state index contributed by atoms with van der Waals surface area (Å²) in [6.07, 6.45) is 0.934. The fraction of sp³-hybridized carbons (Fsp3) is 0.350. The van der Waals surface area contributed by atoms with Crippen LogP contribution >= 0.6 is 7.60 Å². The van der Waals surface area contributed by atoms with Crippen molar-refractivity contribution in [1.29, 1.82) is 0 Å². The SMILES string of the molecule is CC1=C(C)C2(OP(=O)(O)c3cc4ccccc4[cH-]3)C(=C1C)CC2C.[Cl-].[Cl-].[Ti+3]. The van der Waals surface area contributed by atoms with Gasteiger partial charge in [0, 0.05) is 0 Å². The van der Waals surface area contributed by atoms with Gasteiger partial charge in [-0.25, -0.2) is 0 Å². The number of fused-ring (bicyclic) bond motifs is 2. The van der Waals surface area contributed by atoms with Gasteiger partial charge in [0.1, 0.15) is 5.60 Å². The van der Waals surface area contributed by atoms with Crippen molar-refractivity contribution in [2.45, 2.75) is 39.7 Å². The second-order valence-electron chi connectivity index (χ2n) is 7.15. The van der Waals surface area contributed by atoms with Crippen molar-refractivity contribution >= 4 is 23.7 Å². The summed E-state index contributed by atoms with van der Waals surface area (Å²) in [5, 5.41) is 2.31. The second-order valence-corrected chi connectivity index (χ2v) is 8.89. The molecule has 3 unspecified atom stereocenters. The van der Waals surface area contributed by atoms with E-state index >= 15 is 0 Å². The molecule has 2 aromatic carbocycles. The molecular weight excluding hydrogens is 438 g/mol. The maximum absolute atomic E-state index is 13.1. The number of rotatable bonds is 3. The fourth-order valence-corrected chi connectivity index (χ4v) is 5.87. The molecule has 4 rings (SSSR count). The maximum Gasteiger partial charge on any atom is 3.00 e. The van der Waals surface area contributed by atoms with E-state index in [4.69, 9.17) is 4.52 Å². The van der Waals surface area contributed by atoms with Crippen molar-refractivity contribution in [3.63, 3.8) is 0 Å². The van der Waals surface area contributed by atoms with Crippen molar-refractivity contribution in [2.75, 3.05) is 0 Å². The van der Waals surface area contributed by atoms with Gasteiger partial charge in [0.05, 0.1) is 0 Å². The van der Waals surface area contributed by atoms with E-state index < -0.39 is 13.2 Å². The molecule has 0 amide bonds. The molecule has 3 nitrogen and oxygen atoms in total. The van der Waals surface area contributed by atoms with E-state index in [0.717, 1.165) is 22.8 Å². The van der Waals surface area contributed by atoms with E-state index in [9.17, 15) is 9.46 Å². The number of benzene rings is 1. The van der Waals surface area contributed by atoms with Gasteiger partial charge >= 0.3 is 29.3 Å². The van der Waals surface area contributed by atoms with E-state index in [1.165, 1.54) is 16.7 Å². The topological polar surface area (TPSA) is 46.5 Å². The Labute approximate surface area is 187 Å². The molecule has 143 valence electrons. The van der Waals surface area contributed by atoms with Crippen LogP contribution in [0.15, 0.2) is 58.7 Å². The molecule has 0 aliphatic heterocycles. The Morgan fingerprint density at radius 2 is 1.81 bits per heavy atom. The Kier molecular flexibility index (Phi) is 7.57. The van der Waals surface area contributed by atoms with Gasteiger partial charge in [0.15, 0.2) is 0 Å². The van der Waals surface area contributed by atoms with Crippen LogP contribution in [0.2, 0.25) is 0 Å². The zero-order chi connectivity index (χ0) is 17.3. The Hall–Kier alpha value is -0.246. The molecule has 7 heteroatoms. The summed E-state index contributed by atoms with van der Waals surface area (Å²) < 4.78 is 19.2. The van der Waals surface area contributed by atoms with Gasteiger partial charge < -0.3 is 29.7 Å². The first-order chi connectivity index (χ1) is 11.3. The molecule has 1 saturated carbocycles. The zero-order valence-corrected chi connectivity index (χ0v) is 19.7. The normalized spacial score (nSPS) is 25.7. The summed E-state index contributed by atoms with van der Waals surface area (Å²) in [5.74, 6) is 0.213. The summed E-state index contributed by atoms with van der Waals surface area (Å²) in [7, 11) is -3.91. The molecular formula is C20H22Cl2O3PTi. The minimum atomic E-state index is -3.91. The van der Waals surface area contributed by atoms with Crippen LogP contribution in [0, 0.1) is 5.92 Å². The largest absolute Gasteiger partial charge is 3.00 e. The summed E-state index contributed by atoms with van der Waals surface area (Å²) in [4.78, 5) is 10.8. The van der Waals surface area contributed by atoms with Crippen LogP contribution in [-0.2, 0) is 30.8 Å². The smallest absolute Gasteiger partial charge is 1.00 e. The first kappa shape index (κ1) is 24.8. The van der Waals surface area contributed by atoms with Crippen molar-refractivity contribution < 1.29 is 60.5 Å². The number of hydrogen-bond donors (Lipinski definition) is 1. The summed E-state index contributed by atoms with van der Waals surface area (Å²) >= 11 is 0. The van der Waals surface area contributed by atoms with Crippen molar-refractivity contribution in [2.24, 2.45) is 5.92 Å². The number of halogens is 2. The fourth-order valence-electron chi connectivity index (χ4n) is 4.34. The Balaban J connectivity index is 0.00000121. The summed E-state index contributed by atoms with van der Waals surface area (Å²) in [5.41, 5.74) is 3.98. The Morgan fingerprint density at radius 3 is 2.37 bits per heavy atom. The van der Waals surface area contributed by atoms with E-state index in [1.807, 2.05) is 31.2 Å². The molecule has 2 aromatic rings. The number of allylic oxidation sites excluding steroid dienone is 2. The molecule has 0 bridgehead atoms. The predicted molar refractivity (Wildman–Crippen MR) is 97.7 cm³/mol. The van der Waals surface area contributed by atoms with Crippen LogP contribution in [0.5, 0.6) is 0 Å². The molecule has 2 aliphatic carbocycles. The monoisotopic (exact) mass is 459 g/mol. The van der Waals surface area contributed by atoms with Crippen LogP contribution in [-0.4, -0.2) is 10.5 Å². The predicted octanol–water partition coefficient (Wildman–Crippen LogP) is -1.16. The van der Waals surface area contributed by atoms with Gasteiger partial charge in [0.25, 0.3) is 0 Å². The molecule has 0 aromatic heterocycles. The maximum atomic E-state index is 13.1. The zero-order valence-electron chi connectivity index (χ0n) is 15.7. The van der Waals surface area contributed by atoms with Gasteiger partial charge in [-0.15, -0.1) is 35.0 Å². The third kappa shape index (κ3) is 3.47. The minimum absolute atomic E-state index is 0. The van der Waals surface area contributed by atoms with Gasteiger partial charge in [-0.2, -0.15) is 6.07 Å². The van der Waals surface area contributed by atoms with Crippen LogP contribution < -0.4 is 30.1 Å². The first-order valence-corrected chi connectivity index (χ1v) is 9.93. The van der Waals surface area contributed by atoms with Crippen molar-refractivity contribution in [1.82, 2.24) is 0 Å². The van der Waals surface area contributed by atoms with Crippen LogP contribution in [0.3, 0.4) is 0 Å². The molecule has 1 N–H and O–H groups in total. The van der Waals surface area contributed by atoms with Crippen LogP contribution in [0.25, 0.3) is 10.8 Å². The Morgan fingerprint density at radius 1 is 1.19 bits per heavy atom. The van der Waals surface area contributed by atoms with E-state index in [1.54, 1.807) is 12.1 Å². The second kappa shape index (κ2) is 8.24. The van der Waals surface area contributed by atoms with E-state index in [2.05, 4.69) is 20.8 Å². The molecule has 0 saturated heterocycles. The average molecular weight is 460 g/mol. The van der Waals surface area contributed by atoms with Crippen molar-refractivity contribution in [3.8, 4) is 0 Å². The Bertz CT molecular complexity index is 926. The minimum Gasteiger partial charge on any atom is -1.00 e. The molecule has 27 heavy (non-hydrogen) atoms. The third-order valence-electron chi connectivity index (χ3n) is 5.98. The van der Waals surface area contributed by atoms with Gasteiger partial charge in [0.2, 0.25) is 0 Å². The molecule has 1 fully saturated rings. The van der Waals surface area contributed by atoms with Gasteiger partial charge in [-0.3, -0.25) is 9.09 Å². The average Bonchev–Trinajstić information content (AvgIpc) is 3.04. The molecule has 0 spiro atoms. The summed E-state index contributed by atoms with van der Waals surface area (Å²) in [6.45, 7) is 8.29. The molecule has 2 aliphatic rings. The molecule has 1 radical (unpaired) electrons. The van der Waals surface area contributed by atoms with Crippen LogP contribution in [0.4, 0.5) is 0 Å². The van der Waals surface area contributed by atoms with Gasteiger partial charge in [-0.05, 0) is 60.7 Å². The van der Waals surface area contributed by atoms with E-state index in [0.29, 0.717) is 5.30 Å². The van der Waals surface area contributed by atoms with Crippen LogP contribution in [0.1, 0.15) is 34.1 Å². The van der Waals surface area contributed by atoms with Gasteiger partial charge in [-0.1, -0.05) is 13.0 Å². The third-order valence-corrected chi connectivity index (χ3v) is 7.43. The molecule has 3 atom stereocenters. The quantitative estimate of drug-likeness (QED) is 0.357. The first-order valence-electron chi connectivity index (χ1n) is 8.35. The van der Waals surface area contributed by atoms with Crippen molar-refractivity contribution in [3.05, 3.63) is 58.7 Å². The number of hydrogen-bond acceptors (Lipinski definition) is 2. The molecule has 0 heterocycles.